The molecule has 2 fully saturated rings. The topological polar surface area (TPSA) is 128 Å². The number of rotatable bonds is 10. The van der Waals surface area contributed by atoms with Crippen molar-refractivity contribution in [2.24, 2.45) is 0 Å². The molecule has 194 valence electrons. The number of ether oxygens (including phenoxy) is 1. The van der Waals surface area contributed by atoms with Crippen molar-refractivity contribution in [1.82, 2.24) is 20.0 Å². The minimum atomic E-state index is -1.00. The highest BCUT2D eigenvalue weighted by Crippen LogP contribution is 2.32. The zero-order chi connectivity index (χ0) is 25.7. The van der Waals surface area contributed by atoms with Crippen LogP contribution in [0.3, 0.4) is 0 Å². The normalized spacial score (nSPS) is 20.5. The minimum absolute atomic E-state index is 0.0732. The first-order valence-corrected chi connectivity index (χ1v) is 12.6. The summed E-state index contributed by atoms with van der Waals surface area (Å²) in [6, 6.07) is 3.91. The first kappa shape index (κ1) is 25.8. The van der Waals surface area contributed by atoms with E-state index in [1.165, 1.54) is 0 Å². The number of hydrogen-bond acceptors (Lipinski definition) is 8. The van der Waals surface area contributed by atoms with Gasteiger partial charge in [0.2, 0.25) is 17.7 Å². The van der Waals surface area contributed by atoms with Gasteiger partial charge in [-0.2, -0.15) is 0 Å². The fourth-order valence-electron chi connectivity index (χ4n) is 4.88. The van der Waals surface area contributed by atoms with E-state index in [0.717, 1.165) is 44.0 Å². The molecule has 1 atom stereocenters. The van der Waals surface area contributed by atoms with Crippen molar-refractivity contribution in [2.75, 3.05) is 57.8 Å². The molecule has 0 aromatic heterocycles. The lowest BCUT2D eigenvalue weighted by atomic mass is 10.0. The molecule has 11 nitrogen and oxygen atoms in total. The van der Waals surface area contributed by atoms with Crippen LogP contribution >= 0.6 is 0 Å². The van der Waals surface area contributed by atoms with Gasteiger partial charge in [0, 0.05) is 44.8 Å². The second kappa shape index (κ2) is 11.6. The number of carbonyl (C=O) groups excluding carboxylic acids is 5. The van der Waals surface area contributed by atoms with Crippen LogP contribution in [0.5, 0.6) is 0 Å². The molecule has 0 radical (unpaired) electrons. The molecule has 0 bridgehead atoms. The van der Waals surface area contributed by atoms with Crippen LogP contribution in [0, 0.1) is 0 Å². The summed E-state index contributed by atoms with van der Waals surface area (Å²) in [7, 11) is 0. The fourth-order valence-corrected chi connectivity index (χ4v) is 4.88. The van der Waals surface area contributed by atoms with Crippen molar-refractivity contribution in [3.63, 3.8) is 0 Å². The molecule has 5 amide bonds. The smallest absolute Gasteiger partial charge is 0.264 e. The van der Waals surface area contributed by atoms with Gasteiger partial charge in [-0.1, -0.05) is 13.0 Å². The van der Waals surface area contributed by atoms with E-state index in [1.807, 2.05) is 4.90 Å². The van der Waals surface area contributed by atoms with Crippen molar-refractivity contribution in [3.05, 3.63) is 29.3 Å². The number of nitrogens with one attached hydrogen (secondary N) is 2. The predicted molar refractivity (Wildman–Crippen MR) is 130 cm³/mol. The monoisotopic (exact) mass is 499 g/mol. The van der Waals surface area contributed by atoms with E-state index in [0.29, 0.717) is 31.9 Å². The van der Waals surface area contributed by atoms with Crippen molar-refractivity contribution in [3.8, 4) is 0 Å². The molecule has 1 unspecified atom stereocenters. The Labute approximate surface area is 210 Å². The Morgan fingerprint density at radius 3 is 2.58 bits per heavy atom. The molecule has 1 aromatic carbocycles. The van der Waals surface area contributed by atoms with E-state index in [1.54, 1.807) is 18.2 Å². The first-order chi connectivity index (χ1) is 17.4. The Hall–Kier alpha value is -3.31. The largest absolute Gasteiger partial charge is 0.382 e. The van der Waals surface area contributed by atoms with Crippen LogP contribution in [0.15, 0.2) is 18.2 Å². The Bertz CT molecular complexity index is 1040. The Balaban J connectivity index is 1.23. The summed E-state index contributed by atoms with van der Waals surface area (Å²) in [5.74, 6) is -2.05. The Morgan fingerprint density at radius 1 is 1.08 bits per heavy atom. The van der Waals surface area contributed by atoms with Gasteiger partial charge in [-0.15, -0.1) is 0 Å². The molecule has 2 saturated heterocycles. The van der Waals surface area contributed by atoms with Crippen LogP contribution in [0.2, 0.25) is 0 Å². The number of benzene rings is 1. The maximum Gasteiger partial charge on any atom is 0.264 e. The van der Waals surface area contributed by atoms with Gasteiger partial charge in [-0.3, -0.25) is 39.1 Å². The lowest BCUT2D eigenvalue weighted by Gasteiger charge is -2.34. The zero-order valence-corrected chi connectivity index (χ0v) is 20.6. The Kier molecular flexibility index (Phi) is 8.32. The van der Waals surface area contributed by atoms with Gasteiger partial charge in [-0.25, -0.2) is 0 Å². The summed E-state index contributed by atoms with van der Waals surface area (Å²) in [5, 5.41) is 5.32. The maximum absolute atomic E-state index is 13.1. The third-order valence-electron chi connectivity index (χ3n) is 6.76. The van der Waals surface area contributed by atoms with Crippen molar-refractivity contribution >= 4 is 35.2 Å². The molecular formula is C25H33N5O6. The van der Waals surface area contributed by atoms with Crippen molar-refractivity contribution in [2.45, 2.75) is 38.6 Å². The quantitative estimate of drug-likeness (QED) is 0.351. The van der Waals surface area contributed by atoms with E-state index >= 15 is 0 Å². The second-order valence-electron chi connectivity index (χ2n) is 9.19. The van der Waals surface area contributed by atoms with Crippen LogP contribution in [0.4, 0.5) is 5.69 Å². The van der Waals surface area contributed by atoms with Crippen LogP contribution < -0.4 is 10.6 Å². The third kappa shape index (κ3) is 5.57. The standard InChI is InChI=1S/C25H33N5O6/c1-2-10-28-11-13-29(14-12-28)21(32)8-15-36-16-9-26-18-5-3-4-17-22(18)25(35)30(24(17)34)19-6-7-20(31)27-23(19)33/h3-5,19,26H,2,6-16H2,1H3,(H,27,31,33). The second-order valence-corrected chi connectivity index (χ2v) is 9.19. The number of hydrogen-bond donors (Lipinski definition) is 2. The fraction of sp³-hybridized carbons (Fsp3) is 0.560. The van der Waals surface area contributed by atoms with E-state index < -0.39 is 29.7 Å². The highest BCUT2D eigenvalue weighted by Gasteiger charge is 2.45. The zero-order valence-electron chi connectivity index (χ0n) is 20.6. The van der Waals surface area contributed by atoms with Crippen molar-refractivity contribution < 1.29 is 28.7 Å². The lowest BCUT2D eigenvalue weighted by molar-refractivity contribution is -0.136. The molecular weight excluding hydrogens is 466 g/mol. The third-order valence-corrected chi connectivity index (χ3v) is 6.76. The average Bonchev–Trinajstić information content (AvgIpc) is 3.12. The van der Waals surface area contributed by atoms with Gasteiger partial charge in [0.1, 0.15) is 6.04 Å². The number of imide groups is 2. The summed E-state index contributed by atoms with van der Waals surface area (Å²) in [6.45, 7) is 7.55. The number of amides is 5. The molecule has 2 N–H and O–H groups in total. The van der Waals surface area contributed by atoms with Crippen molar-refractivity contribution in [1.29, 1.82) is 0 Å². The lowest BCUT2D eigenvalue weighted by Crippen LogP contribution is -2.54. The van der Waals surface area contributed by atoms with E-state index in [-0.39, 0.29) is 29.9 Å². The molecule has 3 heterocycles. The van der Waals surface area contributed by atoms with Gasteiger partial charge < -0.3 is 15.0 Å². The Morgan fingerprint density at radius 2 is 1.86 bits per heavy atom. The molecule has 3 aliphatic rings. The summed E-state index contributed by atoms with van der Waals surface area (Å²) >= 11 is 0. The predicted octanol–water partition coefficient (Wildman–Crippen LogP) is 0.461. The molecule has 11 heteroatoms. The molecule has 0 aliphatic carbocycles. The number of fused-ring (bicyclic) bond motifs is 1. The van der Waals surface area contributed by atoms with Gasteiger partial charge in [0.25, 0.3) is 11.8 Å². The van der Waals surface area contributed by atoms with E-state index in [2.05, 4.69) is 22.5 Å². The van der Waals surface area contributed by atoms with Crippen LogP contribution in [-0.2, 0) is 19.1 Å². The molecule has 3 aliphatic heterocycles. The SMILES string of the molecule is CCCN1CCN(C(=O)CCOCCNc2cccc3c2C(=O)N(C2CCC(=O)NC2=O)C3=O)CC1. The molecule has 0 saturated carbocycles. The summed E-state index contributed by atoms with van der Waals surface area (Å²) in [4.78, 5) is 67.3. The number of carbonyl (C=O) groups is 5. The van der Waals surface area contributed by atoms with E-state index in [9.17, 15) is 24.0 Å². The van der Waals surface area contributed by atoms with Crippen LogP contribution in [-0.4, -0.2) is 103 Å². The summed E-state index contributed by atoms with van der Waals surface area (Å²) in [5.41, 5.74) is 0.912. The summed E-state index contributed by atoms with van der Waals surface area (Å²) in [6.07, 6.45) is 1.62. The number of anilines is 1. The van der Waals surface area contributed by atoms with Gasteiger partial charge in [0.15, 0.2) is 0 Å². The number of nitrogens with zero attached hydrogens (tertiary/aromatic N) is 3. The van der Waals surface area contributed by atoms with Crippen LogP contribution in [0.1, 0.15) is 53.3 Å². The van der Waals surface area contributed by atoms with Gasteiger partial charge >= 0.3 is 0 Å². The maximum atomic E-state index is 13.1. The molecule has 4 rings (SSSR count). The number of piperazine rings is 1. The van der Waals surface area contributed by atoms with Crippen LogP contribution in [0.25, 0.3) is 0 Å². The molecule has 1 aromatic rings. The van der Waals surface area contributed by atoms with Gasteiger partial charge in [-0.05, 0) is 31.5 Å². The minimum Gasteiger partial charge on any atom is -0.382 e. The number of piperidine rings is 1. The highest BCUT2D eigenvalue weighted by molar-refractivity contribution is 6.25. The van der Waals surface area contributed by atoms with E-state index in [4.69, 9.17) is 4.74 Å². The molecule has 0 spiro atoms. The molecule has 36 heavy (non-hydrogen) atoms. The summed E-state index contributed by atoms with van der Waals surface area (Å²) < 4.78 is 5.62. The highest BCUT2D eigenvalue weighted by atomic mass is 16.5. The average molecular weight is 500 g/mol. The first-order valence-electron chi connectivity index (χ1n) is 12.6. The van der Waals surface area contributed by atoms with Gasteiger partial charge in [0.05, 0.1) is 30.8 Å².